The monoisotopic (exact) mass is 267 g/mol. The van der Waals surface area contributed by atoms with Gasteiger partial charge in [-0.25, -0.2) is 9.97 Å². The van der Waals surface area contributed by atoms with Crippen molar-refractivity contribution in [1.29, 1.82) is 0 Å². The molecule has 0 saturated heterocycles. The van der Waals surface area contributed by atoms with Crippen LogP contribution in [0.1, 0.15) is 35.5 Å². The van der Waals surface area contributed by atoms with Crippen LogP contribution in [0.25, 0.3) is 11.3 Å². The molecule has 2 aromatic rings. The third-order valence-electron chi connectivity index (χ3n) is 4.24. The summed E-state index contributed by atoms with van der Waals surface area (Å²) in [6.07, 6.45) is 2.22. The van der Waals surface area contributed by atoms with Gasteiger partial charge in [0.2, 0.25) is 0 Å². The van der Waals surface area contributed by atoms with Gasteiger partial charge in [-0.15, -0.1) is 0 Å². The number of nitrogens with zero attached hydrogens (tertiary/aromatic N) is 2. The minimum absolute atomic E-state index is 0.0402. The van der Waals surface area contributed by atoms with Crippen LogP contribution in [0, 0.1) is 20.8 Å². The molecule has 1 aromatic heterocycles. The van der Waals surface area contributed by atoms with Crippen LogP contribution in [0.3, 0.4) is 0 Å². The second kappa shape index (κ2) is 4.67. The van der Waals surface area contributed by atoms with E-state index in [9.17, 15) is 0 Å². The molecular formula is C17H21N3. The summed E-state index contributed by atoms with van der Waals surface area (Å²) >= 11 is 0. The average molecular weight is 267 g/mol. The Morgan fingerprint density at radius 3 is 2.50 bits per heavy atom. The van der Waals surface area contributed by atoms with Crippen LogP contribution in [-0.4, -0.2) is 16.5 Å². The third-order valence-corrected chi connectivity index (χ3v) is 4.24. The van der Waals surface area contributed by atoms with Crippen molar-refractivity contribution in [2.24, 2.45) is 5.73 Å². The Hall–Kier alpha value is -1.74. The lowest BCUT2D eigenvalue weighted by Crippen LogP contribution is -2.23. The third kappa shape index (κ3) is 2.22. The first-order valence-electron chi connectivity index (χ1n) is 7.18. The second-order valence-electron chi connectivity index (χ2n) is 6.02. The van der Waals surface area contributed by atoms with Crippen LogP contribution in [0.15, 0.2) is 24.3 Å². The SMILES string of the molecule is Cc1ccc(C)c(-c2cc(C)nc(C3(CN)CC3)n2)c1. The van der Waals surface area contributed by atoms with Crippen molar-refractivity contribution in [2.75, 3.05) is 6.54 Å². The van der Waals surface area contributed by atoms with Crippen LogP contribution in [0.2, 0.25) is 0 Å². The molecule has 0 amide bonds. The smallest absolute Gasteiger partial charge is 0.136 e. The molecule has 0 aliphatic heterocycles. The van der Waals surface area contributed by atoms with Gasteiger partial charge in [0.05, 0.1) is 5.69 Å². The summed E-state index contributed by atoms with van der Waals surface area (Å²) in [5, 5.41) is 0. The summed E-state index contributed by atoms with van der Waals surface area (Å²) in [5.74, 6) is 0.927. The van der Waals surface area contributed by atoms with Crippen LogP contribution in [0.5, 0.6) is 0 Å². The van der Waals surface area contributed by atoms with E-state index in [-0.39, 0.29) is 5.41 Å². The Bertz CT molecular complexity index is 657. The van der Waals surface area contributed by atoms with Crippen LogP contribution >= 0.6 is 0 Å². The molecule has 0 radical (unpaired) electrons. The van der Waals surface area contributed by atoms with E-state index in [1.54, 1.807) is 0 Å². The summed E-state index contributed by atoms with van der Waals surface area (Å²) in [5.41, 5.74) is 11.7. The Morgan fingerprint density at radius 2 is 1.85 bits per heavy atom. The van der Waals surface area contributed by atoms with Crippen molar-refractivity contribution in [3.63, 3.8) is 0 Å². The molecule has 1 heterocycles. The standard InChI is InChI=1S/C17H21N3/c1-11-4-5-12(2)14(8-11)15-9-13(3)19-16(20-15)17(10-18)6-7-17/h4-5,8-9H,6-7,10,18H2,1-3H3. The quantitative estimate of drug-likeness (QED) is 0.930. The molecule has 20 heavy (non-hydrogen) atoms. The molecule has 0 atom stereocenters. The maximum atomic E-state index is 5.91. The largest absolute Gasteiger partial charge is 0.329 e. The fourth-order valence-electron chi connectivity index (χ4n) is 2.63. The molecule has 3 rings (SSSR count). The predicted octanol–water partition coefficient (Wildman–Crippen LogP) is 3.06. The normalized spacial score (nSPS) is 16.2. The summed E-state index contributed by atoms with van der Waals surface area (Å²) < 4.78 is 0. The topological polar surface area (TPSA) is 51.8 Å². The number of aromatic nitrogens is 2. The second-order valence-corrected chi connectivity index (χ2v) is 6.02. The highest BCUT2D eigenvalue weighted by molar-refractivity contribution is 5.64. The van der Waals surface area contributed by atoms with Gasteiger partial charge in [-0.3, -0.25) is 0 Å². The van der Waals surface area contributed by atoms with Crippen LogP contribution < -0.4 is 5.73 Å². The van der Waals surface area contributed by atoms with E-state index in [2.05, 4.69) is 43.1 Å². The Labute approximate surface area is 120 Å². The molecule has 1 aromatic carbocycles. The van der Waals surface area contributed by atoms with Crippen molar-refractivity contribution in [2.45, 2.75) is 39.0 Å². The van der Waals surface area contributed by atoms with E-state index >= 15 is 0 Å². The maximum absolute atomic E-state index is 5.91. The highest BCUT2D eigenvalue weighted by Crippen LogP contribution is 2.46. The van der Waals surface area contributed by atoms with Gasteiger partial charge >= 0.3 is 0 Å². The van der Waals surface area contributed by atoms with E-state index in [1.807, 2.05) is 6.92 Å². The lowest BCUT2D eigenvalue weighted by Gasteiger charge is -2.14. The first-order chi connectivity index (χ1) is 9.54. The fourth-order valence-corrected chi connectivity index (χ4v) is 2.63. The van der Waals surface area contributed by atoms with E-state index in [0.717, 1.165) is 30.1 Å². The first kappa shape index (κ1) is 13.3. The Kier molecular flexibility index (Phi) is 3.09. The van der Waals surface area contributed by atoms with Crippen molar-refractivity contribution in [3.05, 3.63) is 46.9 Å². The van der Waals surface area contributed by atoms with E-state index < -0.39 is 0 Å². The minimum atomic E-state index is 0.0402. The van der Waals surface area contributed by atoms with Crippen molar-refractivity contribution < 1.29 is 0 Å². The highest BCUT2D eigenvalue weighted by Gasteiger charge is 2.46. The Morgan fingerprint density at radius 1 is 1.10 bits per heavy atom. The van der Waals surface area contributed by atoms with E-state index in [4.69, 9.17) is 10.7 Å². The Balaban J connectivity index is 2.12. The van der Waals surface area contributed by atoms with Gasteiger partial charge < -0.3 is 5.73 Å². The molecular weight excluding hydrogens is 246 g/mol. The van der Waals surface area contributed by atoms with E-state index in [0.29, 0.717) is 6.54 Å². The zero-order chi connectivity index (χ0) is 14.3. The molecule has 1 aliphatic rings. The van der Waals surface area contributed by atoms with Gasteiger partial charge in [0.25, 0.3) is 0 Å². The van der Waals surface area contributed by atoms with Crippen LogP contribution in [-0.2, 0) is 5.41 Å². The molecule has 0 unspecified atom stereocenters. The number of aryl methyl sites for hydroxylation is 3. The van der Waals surface area contributed by atoms with Crippen molar-refractivity contribution >= 4 is 0 Å². The van der Waals surface area contributed by atoms with Gasteiger partial charge in [0.1, 0.15) is 5.82 Å². The van der Waals surface area contributed by atoms with Gasteiger partial charge in [-0.05, 0) is 51.3 Å². The summed E-state index contributed by atoms with van der Waals surface area (Å²) in [4.78, 5) is 9.45. The number of hydrogen-bond donors (Lipinski definition) is 1. The number of hydrogen-bond acceptors (Lipinski definition) is 3. The molecule has 104 valence electrons. The summed E-state index contributed by atoms with van der Waals surface area (Å²) in [6.45, 7) is 6.91. The number of benzene rings is 1. The van der Waals surface area contributed by atoms with Crippen LogP contribution in [0.4, 0.5) is 0 Å². The summed E-state index contributed by atoms with van der Waals surface area (Å²) in [6, 6.07) is 8.55. The first-order valence-corrected chi connectivity index (χ1v) is 7.18. The average Bonchev–Trinajstić information content (AvgIpc) is 3.22. The van der Waals surface area contributed by atoms with Gasteiger partial charge in [0.15, 0.2) is 0 Å². The van der Waals surface area contributed by atoms with Crippen molar-refractivity contribution in [3.8, 4) is 11.3 Å². The molecule has 0 spiro atoms. The molecule has 0 bridgehead atoms. The molecule has 3 nitrogen and oxygen atoms in total. The molecule has 1 fully saturated rings. The lowest BCUT2D eigenvalue weighted by molar-refractivity contribution is 0.646. The minimum Gasteiger partial charge on any atom is -0.329 e. The van der Waals surface area contributed by atoms with Gasteiger partial charge in [-0.1, -0.05) is 17.7 Å². The number of rotatable bonds is 3. The summed E-state index contributed by atoms with van der Waals surface area (Å²) in [7, 11) is 0. The predicted molar refractivity (Wildman–Crippen MR) is 81.6 cm³/mol. The molecule has 1 aliphatic carbocycles. The molecule has 1 saturated carbocycles. The fraction of sp³-hybridized carbons (Fsp3) is 0.412. The molecule has 2 N–H and O–H groups in total. The number of nitrogens with two attached hydrogens (primary N) is 1. The molecule has 3 heteroatoms. The van der Waals surface area contributed by atoms with Crippen molar-refractivity contribution in [1.82, 2.24) is 9.97 Å². The van der Waals surface area contributed by atoms with Gasteiger partial charge in [0, 0.05) is 23.2 Å². The highest BCUT2D eigenvalue weighted by atomic mass is 14.9. The maximum Gasteiger partial charge on any atom is 0.136 e. The lowest BCUT2D eigenvalue weighted by atomic mass is 10.0. The zero-order valence-corrected chi connectivity index (χ0v) is 12.4. The van der Waals surface area contributed by atoms with E-state index in [1.165, 1.54) is 16.7 Å². The zero-order valence-electron chi connectivity index (χ0n) is 12.4. The van der Waals surface area contributed by atoms with Gasteiger partial charge in [-0.2, -0.15) is 0 Å².